The fourth-order valence-electron chi connectivity index (χ4n) is 7.64. The van der Waals surface area contributed by atoms with Crippen molar-refractivity contribution in [2.45, 2.75) is 111 Å². The van der Waals surface area contributed by atoms with Crippen LogP contribution in [0.3, 0.4) is 0 Å². The van der Waals surface area contributed by atoms with Gasteiger partial charge in [-0.15, -0.1) is 0 Å². The zero-order chi connectivity index (χ0) is 34.3. The van der Waals surface area contributed by atoms with Crippen LogP contribution >= 0.6 is 0 Å². The molecule has 2 bridgehead atoms. The van der Waals surface area contributed by atoms with E-state index < -0.39 is 44.8 Å². The predicted molar refractivity (Wildman–Crippen MR) is 175 cm³/mol. The van der Waals surface area contributed by atoms with Gasteiger partial charge in [0, 0.05) is 21.8 Å². The quantitative estimate of drug-likeness (QED) is 0.335. The molecule has 13 heteroatoms. The Labute approximate surface area is 279 Å². The van der Waals surface area contributed by atoms with Crippen LogP contribution in [0.25, 0.3) is 0 Å². The zero-order valence-electron chi connectivity index (χ0n) is 27.5. The first kappa shape index (κ1) is 32.8. The molecule has 0 radical (unpaired) electrons. The molecule has 4 aliphatic carbocycles. The number of aromatic nitrogens is 2. The van der Waals surface area contributed by atoms with E-state index in [0.29, 0.717) is 36.5 Å². The largest absolute Gasteiger partial charge is 0.395 e. The molecule has 11 nitrogen and oxygen atoms in total. The van der Waals surface area contributed by atoms with E-state index in [4.69, 9.17) is 15.2 Å². The summed E-state index contributed by atoms with van der Waals surface area (Å²) in [7, 11) is -4.16. The van der Waals surface area contributed by atoms with Crippen LogP contribution in [0.4, 0.5) is 10.1 Å². The average molecular weight is 680 g/mol. The Morgan fingerprint density at radius 3 is 2.29 bits per heavy atom. The predicted octanol–water partition coefficient (Wildman–Crippen LogP) is 3.95. The third-order valence-corrected chi connectivity index (χ3v) is 12.9. The highest BCUT2D eigenvalue weighted by molar-refractivity contribution is 7.91. The van der Waals surface area contributed by atoms with Gasteiger partial charge in [0.1, 0.15) is 5.82 Å². The van der Waals surface area contributed by atoms with E-state index in [1.165, 1.54) is 11.0 Å². The number of halogens is 1. The van der Waals surface area contributed by atoms with Crippen molar-refractivity contribution in [2.24, 2.45) is 5.73 Å². The van der Waals surface area contributed by atoms with Gasteiger partial charge >= 0.3 is 0 Å². The number of nitrogens with zero attached hydrogens (tertiary/aromatic N) is 3. The molecule has 5 aliphatic rings. The average Bonchev–Trinajstić information content (AvgIpc) is 3.69. The summed E-state index contributed by atoms with van der Waals surface area (Å²) >= 11 is 0. The maximum absolute atomic E-state index is 15.7. The van der Waals surface area contributed by atoms with Crippen LogP contribution < -0.4 is 16.0 Å². The van der Waals surface area contributed by atoms with Crippen molar-refractivity contribution in [1.82, 2.24) is 15.5 Å². The SMILES string of the molecule is CC(C)(C)c1noc(C23CCC(NC(=O)c4cc5c(cc4F)S(=O)(=O)C[C@H](N)C(=O)N5Cc4ccc(C5(CO)CC5)cc4)(CC2)CC3)n1. The maximum atomic E-state index is 15.7. The normalized spacial score (nSPS) is 27.3. The maximum Gasteiger partial charge on any atom is 0.254 e. The molecule has 0 spiro atoms. The molecule has 3 aromatic rings. The van der Waals surface area contributed by atoms with Gasteiger partial charge in [-0.05, 0) is 74.6 Å². The fraction of sp³-hybridized carbons (Fsp3) is 0.543. The minimum atomic E-state index is -4.16. The van der Waals surface area contributed by atoms with Crippen molar-refractivity contribution in [2.75, 3.05) is 17.3 Å². The van der Waals surface area contributed by atoms with Crippen molar-refractivity contribution in [3.63, 3.8) is 0 Å². The number of benzene rings is 2. The van der Waals surface area contributed by atoms with Gasteiger partial charge in [0.15, 0.2) is 15.7 Å². The van der Waals surface area contributed by atoms with Crippen LogP contribution in [0.2, 0.25) is 0 Å². The second-order valence-electron chi connectivity index (χ2n) is 15.4. The number of nitrogens with two attached hydrogens (primary N) is 1. The lowest BCUT2D eigenvalue weighted by atomic mass is 9.57. The van der Waals surface area contributed by atoms with Crippen molar-refractivity contribution in [1.29, 1.82) is 0 Å². The van der Waals surface area contributed by atoms with Gasteiger partial charge < -0.3 is 25.6 Å². The van der Waals surface area contributed by atoms with E-state index in [1.54, 1.807) is 0 Å². The van der Waals surface area contributed by atoms with Gasteiger partial charge in [0.25, 0.3) is 5.91 Å². The fourth-order valence-corrected chi connectivity index (χ4v) is 9.20. The lowest BCUT2D eigenvalue weighted by molar-refractivity contribution is -0.119. The number of fused-ring (bicyclic) bond motifs is 4. The summed E-state index contributed by atoms with van der Waals surface area (Å²) in [6, 6.07) is 8.08. The summed E-state index contributed by atoms with van der Waals surface area (Å²) < 4.78 is 48.1. The van der Waals surface area contributed by atoms with E-state index in [1.807, 2.05) is 45.0 Å². The Morgan fingerprint density at radius 2 is 1.73 bits per heavy atom. The van der Waals surface area contributed by atoms with E-state index >= 15 is 4.39 Å². The van der Waals surface area contributed by atoms with Crippen molar-refractivity contribution >= 4 is 27.3 Å². The molecule has 0 saturated heterocycles. The number of carbonyl (C=O) groups is 2. The number of anilines is 1. The molecule has 48 heavy (non-hydrogen) atoms. The highest BCUT2D eigenvalue weighted by Gasteiger charge is 2.53. The third-order valence-electron chi connectivity index (χ3n) is 11.1. The number of aliphatic hydroxyl groups is 1. The van der Waals surface area contributed by atoms with Crippen LogP contribution in [0, 0.1) is 5.82 Å². The van der Waals surface area contributed by atoms with Crippen LogP contribution in [-0.2, 0) is 37.4 Å². The minimum absolute atomic E-state index is 0.0350. The molecule has 256 valence electrons. The Hall–Kier alpha value is -3.68. The summed E-state index contributed by atoms with van der Waals surface area (Å²) in [6.45, 7) is 6.10. The molecule has 8 rings (SSSR count). The first-order chi connectivity index (χ1) is 22.6. The van der Waals surface area contributed by atoms with E-state index in [-0.39, 0.29) is 45.5 Å². The van der Waals surface area contributed by atoms with Gasteiger partial charge in [-0.3, -0.25) is 9.59 Å². The summed E-state index contributed by atoms with van der Waals surface area (Å²) in [5.41, 5.74) is 6.03. The Morgan fingerprint density at radius 1 is 1.08 bits per heavy atom. The number of hydrogen-bond donors (Lipinski definition) is 3. The molecule has 4 fully saturated rings. The molecule has 1 aliphatic heterocycles. The van der Waals surface area contributed by atoms with Gasteiger partial charge in [0.05, 0.1) is 41.1 Å². The topological polar surface area (TPSA) is 169 Å². The first-order valence-electron chi connectivity index (χ1n) is 16.6. The van der Waals surface area contributed by atoms with Gasteiger partial charge in [-0.2, -0.15) is 4.98 Å². The Kier molecular flexibility index (Phi) is 7.65. The van der Waals surface area contributed by atoms with Gasteiger partial charge in [0.2, 0.25) is 11.8 Å². The van der Waals surface area contributed by atoms with Crippen LogP contribution in [0.5, 0.6) is 0 Å². The standard InChI is InChI=1S/C35H42FN5O6S/c1-32(2,3)30-38-31(47-40-30)33-10-13-35(14-11-33,15-12-33)39-28(43)23-16-26-27(17-24(23)36)48(45,46)19-25(37)29(44)41(26)18-21-4-6-22(7-5-21)34(20-42)8-9-34/h4-7,16-17,25,42H,8-15,18-20,37H2,1-3H3,(H,39,43)/t25-,33?,35?/m0/s1. The lowest BCUT2D eigenvalue weighted by Gasteiger charge is -2.52. The molecule has 2 amide bonds. The van der Waals surface area contributed by atoms with Gasteiger partial charge in [-0.1, -0.05) is 50.2 Å². The zero-order valence-corrected chi connectivity index (χ0v) is 28.3. The summed E-state index contributed by atoms with van der Waals surface area (Å²) in [5, 5.41) is 17.1. The van der Waals surface area contributed by atoms with Crippen molar-refractivity contribution < 1.29 is 32.0 Å². The number of amides is 2. The Balaban J connectivity index is 1.15. The molecule has 4 saturated carbocycles. The van der Waals surface area contributed by atoms with E-state index in [9.17, 15) is 23.1 Å². The summed E-state index contributed by atoms with van der Waals surface area (Å²) in [4.78, 5) is 33.0. The number of hydrogen-bond acceptors (Lipinski definition) is 9. The van der Waals surface area contributed by atoms with Crippen LogP contribution in [-0.4, -0.2) is 59.4 Å². The van der Waals surface area contributed by atoms with Crippen molar-refractivity contribution in [3.8, 4) is 0 Å². The summed E-state index contributed by atoms with van der Waals surface area (Å²) in [5.74, 6) is -1.69. The molecule has 2 aromatic carbocycles. The highest BCUT2D eigenvalue weighted by Crippen LogP contribution is 2.53. The molecule has 1 aromatic heterocycles. The monoisotopic (exact) mass is 679 g/mol. The molecular formula is C35H42FN5O6S. The molecule has 4 N–H and O–H groups in total. The summed E-state index contributed by atoms with van der Waals surface area (Å²) in [6.07, 6.45) is 5.87. The molecular weight excluding hydrogens is 637 g/mol. The van der Waals surface area contributed by atoms with E-state index in [2.05, 4.69) is 10.5 Å². The highest BCUT2D eigenvalue weighted by atomic mass is 32.2. The second kappa shape index (κ2) is 11.2. The van der Waals surface area contributed by atoms with E-state index in [0.717, 1.165) is 43.7 Å². The van der Waals surface area contributed by atoms with Crippen LogP contribution in [0.15, 0.2) is 45.8 Å². The second-order valence-corrected chi connectivity index (χ2v) is 17.4. The minimum Gasteiger partial charge on any atom is -0.395 e. The van der Waals surface area contributed by atoms with Crippen molar-refractivity contribution in [3.05, 3.63) is 70.6 Å². The van der Waals surface area contributed by atoms with Gasteiger partial charge in [-0.25, -0.2) is 12.8 Å². The first-order valence-corrected chi connectivity index (χ1v) is 18.3. The number of carbonyl (C=O) groups excluding carboxylic acids is 2. The molecule has 2 heterocycles. The smallest absolute Gasteiger partial charge is 0.254 e. The molecule has 1 atom stereocenters. The lowest BCUT2D eigenvalue weighted by Crippen LogP contribution is -2.58. The number of aliphatic hydroxyl groups excluding tert-OH is 1. The number of nitrogens with one attached hydrogen (secondary N) is 1. The Bertz CT molecular complexity index is 1870. The number of sulfone groups is 1. The third kappa shape index (κ3) is 5.53. The van der Waals surface area contributed by atoms with Crippen LogP contribution in [0.1, 0.15) is 105 Å². The number of rotatable bonds is 7. The molecule has 0 unspecified atom stereocenters.